The highest BCUT2D eigenvalue weighted by atomic mass is 16.4. The second kappa shape index (κ2) is 3.46. The molecule has 2 unspecified atom stereocenters. The molecule has 1 fully saturated rings. The molecule has 0 saturated carbocycles. The van der Waals surface area contributed by atoms with Gasteiger partial charge < -0.3 is 15.1 Å². The lowest BCUT2D eigenvalue weighted by Gasteiger charge is -2.17. The van der Waals surface area contributed by atoms with Crippen molar-refractivity contribution in [3.8, 4) is 12.3 Å². The predicted molar refractivity (Wildman–Crippen MR) is 42.6 cm³/mol. The van der Waals surface area contributed by atoms with Crippen LogP contribution in [-0.2, 0) is 9.59 Å². The zero-order valence-corrected chi connectivity index (χ0v) is 6.80. The van der Waals surface area contributed by atoms with Crippen LogP contribution in [0.15, 0.2) is 0 Å². The quantitative estimate of drug-likeness (QED) is 0.493. The molecule has 0 aromatic rings. The topological polar surface area (TPSA) is 77.8 Å². The number of aliphatic hydroxyl groups excluding tert-OH is 1. The summed E-state index contributed by atoms with van der Waals surface area (Å²) in [6.07, 6.45) is 4.10. The lowest BCUT2D eigenvalue weighted by Crippen LogP contribution is -2.39. The molecule has 0 aromatic carbocycles. The smallest absolute Gasteiger partial charge is 0.326 e. The molecule has 1 aliphatic rings. The molecule has 1 heterocycles. The van der Waals surface area contributed by atoms with Gasteiger partial charge in [-0.05, 0) is 5.92 Å². The van der Waals surface area contributed by atoms with E-state index in [9.17, 15) is 9.59 Å². The van der Waals surface area contributed by atoms with Crippen LogP contribution in [0.3, 0.4) is 0 Å². The third kappa shape index (κ3) is 1.79. The molecule has 0 spiro atoms. The van der Waals surface area contributed by atoms with Crippen LogP contribution >= 0.6 is 0 Å². The Bertz CT molecular complexity index is 280. The highest BCUT2D eigenvalue weighted by Crippen LogP contribution is 2.17. The van der Waals surface area contributed by atoms with Gasteiger partial charge in [0.15, 0.2) is 0 Å². The highest BCUT2D eigenvalue weighted by Gasteiger charge is 2.38. The van der Waals surface area contributed by atoms with Gasteiger partial charge in [-0.2, -0.15) is 0 Å². The maximum Gasteiger partial charge on any atom is 0.326 e. The molecule has 1 aliphatic heterocycles. The van der Waals surface area contributed by atoms with Crippen LogP contribution in [0.25, 0.3) is 0 Å². The van der Waals surface area contributed by atoms with Gasteiger partial charge in [-0.25, -0.2) is 4.79 Å². The monoisotopic (exact) mass is 183 g/mol. The van der Waals surface area contributed by atoms with E-state index in [0.29, 0.717) is 0 Å². The Hall–Kier alpha value is -1.54. The van der Waals surface area contributed by atoms with Crippen molar-refractivity contribution in [1.82, 2.24) is 4.90 Å². The number of β-amino-alcohol motifs (C(OH)–C–C–N with tert-alkyl or cyclic N) is 1. The van der Waals surface area contributed by atoms with E-state index in [1.54, 1.807) is 0 Å². The number of nitrogens with zero attached hydrogens (tertiary/aromatic N) is 1. The fourth-order valence-electron chi connectivity index (χ4n) is 1.36. The van der Waals surface area contributed by atoms with Crippen LogP contribution in [-0.4, -0.2) is 45.7 Å². The summed E-state index contributed by atoms with van der Waals surface area (Å²) < 4.78 is 0. The third-order valence-electron chi connectivity index (χ3n) is 1.95. The molecule has 1 saturated heterocycles. The lowest BCUT2D eigenvalue weighted by atomic mass is 10.2. The van der Waals surface area contributed by atoms with Gasteiger partial charge in [0, 0.05) is 13.0 Å². The Labute approximate surface area is 75.0 Å². The minimum atomic E-state index is -1.14. The number of carboxylic acids is 1. The molecule has 2 N–H and O–H groups in total. The number of rotatable bonds is 1. The first-order valence-electron chi connectivity index (χ1n) is 3.74. The van der Waals surface area contributed by atoms with Crippen molar-refractivity contribution in [2.75, 3.05) is 6.54 Å². The number of hydrogen-bond acceptors (Lipinski definition) is 3. The predicted octanol–water partition coefficient (Wildman–Crippen LogP) is -1.33. The number of aliphatic carboxylic acids is 1. The highest BCUT2D eigenvalue weighted by molar-refractivity contribution is 5.96. The van der Waals surface area contributed by atoms with E-state index >= 15 is 0 Å². The number of carbonyl (C=O) groups excluding carboxylic acids is 1. The summed E-state index contributed by atoms with van der Waals surface area (Å²) >= 11 is 0. The van der Waals surface area contributed by atoms with E-state index in [1.807, 2.05) is 5.92 Å². The number of carboxylic acid groups (broad SMARTS) is 1. The van der Waals surface area contributed by atoms with Crippen molar-refractivity contribution >= 4 is 11.9 Å². The summed E-state index contributed by atoms with van der Waals surface area (Å²) in [4.78, 5) is 22.6. The maximum atomic E-state index is 11.0. The Morgan fingerprint density at radius 1 is 1.54 bits per heavy atom. The first-order chi connectivity index (χ1) is 6.06. The van der Waals surface area contributed by atoms with Gasteiger partial charge >= 0.3 is 5.97 Å². The Morgan fingerprint density at radius 3 is 2.62 bits per heavy atom. The number of likely N-dealkylation sites (tertiary alicyclic amines) is 1. The SMILES string of the molecule is C#CC(=O)N1CC(O)CC1C(=O)O. The van der Waals surface area contributed by atoms with Gasteiger partial charge in [0.1, 0.15) is 6.04 Å². The molecule has 0 aliphatic carbocycles. The van der Waals surface area contributed by atoms with Crippen molar-refractivity contribution in [2.45, 2.75) is 18.6 Å². The molecule has 2 atom stereocenters. The second-order valence-electron chi connectivity index (χ2n) is 2.85. The minimum Gasteiger partial charge on any atom is -0.480 e. The van der Waals surface area contributed by atoms with Crippen molar-refractivity contribution in [3.63, 3.8) is 0 Å². The number of aliphatic hydroxyl groups is 1. The molecule has 1 rings (SSSR count). The van der Waals surface area contributed by atoms with Crippen molar-refractivity contribution in [2.24, 2.45) is 0 Å². The average molecular weight is 183 g/mol. The molecule has 5 heteroatoms. The van der Waals surface area contributed by atoms with E-state index in [1.165, 1.54) is 0 Å². The normalized spacial score (nSPS) is 26.9. The van der Waals surface area contributed by atoms with Gasteiger partial charge in [-0.3, -0.25) is 4.79 Å². The summed E-state index contributed by atoms with van der Waals surface area (Å²) in [5, 5.41) is 17.8. The lowest BCUT2D eigenvalue weighted by molar-refractivity contribution is -0.146. The van der Waals surface area contributed by atoms with Crippen molar-refractivity contribution in [3.05, 3.63) is 0 Å². The van der Waals surface area contributed by atoms with Gasteiger partial charge in [0.25, 0.3) is 5.91 Å². The largest absolute Gasteiger partial charge is 0.480 e. The molecule has 0 bridgehead atoms. The third-order valence-corrected chi connectivity index (χ3v) is 1.95. The first-order valence-corrected chi connectivity index (χ1v) is 3.74. The summed E-state index contributed by atoms with van der Waals surface area (Å²) in [5.74, 6) is -0.00468. The Kier molecular flexibility index (Phi) is 2.54. The van der Waals surface area contributed by atoms with Crippen molar-refractivity contribution in [1.29, 1.82) is 0 Å². The zero-order valence-electron chi connectivity index (χ0n) is 6.80. The molecule has 5 nitrogen and oxygen atoms in total. The summed E-state index contributed by atoms with van der Waals surface area (Å²) in [5.41, 5.74) is 0. The average Bonchev–Trinajstić information content (AvgIpc) is 2.46. The molecule has 1 amide bonds. The van der Waals surface area contributed by atoms with Crippen LogP contribution in [0.4, 0.5) is 0 Å². The minimum absolute atomic E-state index is 0.000000000000000222. The Balaban J connectivity index is 2.79. The van der Waals surface area contributed by atoms with Gasteiger partial charge in [-0.15, -0.1) is 6.42 Å². The van der Waals surface area contributed by atoms with Crippen LogP contribution < -0.4 is 0 Å². The number of hydrogen-bond donors (Lipinski definition) is 2. The molecule has 0 radical (unpaired) electrons. The molecular formula is C8H9NO4. The van der Waals surface area contributed by atoms with E-state index in [2.05, 4.69) is 0 Å². The number of carbonyl (C=O) groups is 2. The van der Waals surface area contributed by atoms with Gasteiger partial charge in [0.2, 0.25) is 0 Å². The van der Waals surface area contributed by atoms with Crippen LogP contribution in [0.5, 0.6) is 0 Å². The van der Waals surface area contributed by atoms with Gasteiger partial charge in [-0.1, -0.05) is 0 Å². The van der Waals surface area contributed by atoms with Crippen LogP contribution in [0, 0.1) is 12.3 Å². The van der Waals surface area contributed by atoms with E-state index < -0.39 is 24.0 Å². The van der Waals surface area contributed by atoms with E-state index in [0.717, 1.165) is 4.90 Å². The maximum absolute atomic E-state index is 11.0. The van der Waals surface area contributed by atoms with E-state index in [-0.39, 0.29) is 13.0 Å². The standard InChI is InChI=1S/C8H9NO4/c1-2-7(11)9-4-5(10)3-6(9)8(12)13/h1,5-6,10H,3-4H2,(H,12,13). The zero-order chi connectivity index (χ0) is 10.0. The van der Waals surface area contributed by atoms with E-state index in [4.69, 9.17) is 16.6 Å². The number of amides is 1. The second-order valence-corrected chi connectivity index (χ2v) is 2.85. The molecule has 0 aromatic heterocycles. The fraction of sp³-hybridized carbons (Fsp3) is 0.500. The Morgan fingerprint density at radius 2 is 2.15 bits per heavy atom. The molecular weight excluding hydrogens is 174 g/mol. The van der Waals surface area contributed by atoms with Crippen molar-refractivity contribution < 1.29 is 19.8 Å². The molecule has 13 heavy (non-hydrogen) atoms. The van der Waals surface area contributed by atoms with Crippen LogP contribution in [0.2, 0.25) is 0 Å². The summed E-state index contributed by atoms with van der Waals surface area (Å²) in [7, 11) is 0. The first kappa shape index (κ1) is 9.55. The fourth-order valence-corrected chi connectivity index (χ4v) is 1.36. The summed E-state index contributed by atoms with van der Waals surface area (Å²) in [6.45, 7) is 0.000000000000000222. The molecule has 70 valence electrons. The number of terminal acetylenes is 1. The van der Waals surface area contributed by atoms with Crippen LogP contribution in [0.1, 0.15) is 6.42 Å². The summed E-state index contributed by atoms with van der Waals surface area (Å²) in [6, 6.07) is -0.987. The van der Waals surface area contributed by atoms with Gasteiger partial charge in [0.05, 0.1) is 6.10 Å².